The van der Waals surface area contributed by atoms with E-state index >= 15 is 0 Å². The third-order valence-electron chi connectivity index (χ3n) is 3.42. The minimum absolute atomic E-state index is 0.0637. The molecular weight excluding hydrogens is 266 g/mol. The Bertz CT molecular complexity index is 806. The lowest BCUT2D eigenvalue weighted by Crippen LogP contribution is -2.22. The van der Waals surface area contributed by atoms with Crippen molar-refractivity contribution in [2.75, 3.05) is 0 Å². The monoisotopic (exact) mass is 283 g/mol. The van der Waals surface area contributed by atoms with Crippen molar-refractivity contribution in [1.82, 2.24) is 14.7 Å². The van der Waals surface area contributed by atoms with Crippen LogP contribution >= 0.6 is 0 Å². The Morgan fingerprint density at radius 1 is 1.38 bits per heavy atom. The molecule has 1 N–H and O–H groups in total. The largest absolute Gasteiger partial charge is 0.468 e. The minimum Gasteiger partial charge on any atom is -0.468 e. The van der Waals surface area contributed by atoms with Crippen molar-refractivity contribution in [2.45, 2.75) is 26.4 Å². The minimum atomic E-state index is -0.0637. The molecule has 0 unspecified atom stereocenters. The topological polar surface area (TPSA) is 59.5 Å². The van der Waals surface area contributed by atoms with E-state index in [2.05, 4.69) is 10.3 Å². The molecule has 3 rings (SSSR count). The summed E-state index contributed by atoms with van der Waals surface area (Å²) in [7, 11) is 0. The smallest absolute Gasteiger partial charge is 0.258 e. The van der Waals surface area contributed by atoms with Gasteiger partial charge in [0.15, 0.2) is 0 Å². The highest BCUT2D eigenvalue weighted by Gasteiger charge is 2.09. The fourth-order valence-corrected chi connectivity index (χ4v) is 2.24. The van der Waals surface area contributed by atoms with Crippen molar-refractivity contribution in [3.63, 3.8) is 0 Å². The van der Waals surface area contributed by atoms with Crippen LogP contribution in [0.2, 0.25) is 0 Å². The lowest BCUT2D eigenvalue weighted by Gasteiger charge is -2.11. The SMILES string of the molecule is Cc1ccc2nc(CN[C@H](C)c3ccco3)cc(=O)n2c1. The van der Waals surface area contributed by atoms with E-state index in [1.54, 1.807) is 22.9 Å². The van der Waals surface area contributed by atoms with Gasteiger partial charge in [-0.15, -0.1) is 0 Å². The molecule has 0 aliphatic heterocycles. The van der Waals surface area contributed by atoms with Crippen LogP contribution in [-0.4, -0.2) is 9.38 Å². The zero-order valence-corrected chi connectivity index (χ0v) is 12.0. The Morgan fingerprint density at radius 2 is 2.24 bits per heavy atom. The molecule has 5 nitrogen and oxygen atoms in total. The Labute approximate surface area is 122 Å². The molecule has 5 heteroatoms. The van der Waals surface area contributed by atoms with Gasteiger partial charge in [0.2, 0.25) is 0 Å². The first-order chi connectivity index (χ1) is 10.1. The summed E-state index contributed by atoms with van der Waals surface area (Å²) < 4.78 is 6.91. The summed E-state index contributed by atoms with van der Waals surface area (Å²) in [6.45, 7) is 4.48. The Hall–Kier alpha value is -2.40. The van der Waals surface area contributed by atoms with Gasteiger partial charge >= 0.3 is 0 Å². The van der Waals surface area contributed by atoms with Crippen LogP contribution in [0.1, 0.15) is 30.0 Å². The standard InChI is InChI=1S/C16H17N3O2/c1-11-5-6-15-18-13(8-16(20)19(15)10-11)9-17-12(2)14-4-3-7-21-14/h3-8,10,12,17H,9H2,1-2H3/t12-/m1/s1. The average Bonchev–Trinajstić information content (AvgIpc) is 3.00. The van der Waals surface area contributed by atoms with Crippen LogP contribution < -0.4 is 10.9 Å². The van der Waals surface area contributed by atoms with Crippen LogP contribution in [0.5, 0.6) is 0 Å². The molecule has 0 saturated heterocycles. The number of aromatic nitrogens is 2. The molecule has 0 amide bonds. The van der Waals surface area contributed by atoms with Crippen LogP contribution in [0.15, 0.2) is 52.0 Å². The number of hydrogen-bond acceptors (Lipinski definition) is 4. The lowest BCUT2D eigenvalue weighted by molar-refractivity contribution is 0.428. The van der Waals surface area contributed by atoms with E-state index in [0.717, 1.165) is 17.0 Å². The van der Waals surface area contributed by atoms with Crippen molar-refractivity contribution in [3.8, 4) is 0 Å². The van der Waals surface area contributed by atoms with Crippen LogP contribution in [0.25, 0.3) is 5.65 Å². The molecule has 0 spiro atoms. The van der Waals surface area contributed by atoms with E-state index in [0.29, 0.717) is 12.2 Å². The highest BCUT2D eigenvalue weighted by molar-refractivity contribution is 5.39. The molecule has 0 aromatic carbocycles. The summed E-state index contributed by atoms with van der Waals surface area (Å²) in [6, 6.07) is 9.22. The maximum Gasteiger partial charge on any atom is 0.258 e. The Morgan fingerprint density at radius 3 is 3.00 bits per heavy atom. The van der Waals surface area contributed by atoms with Crippen LogP contribution in [0.4, 0.5) is 0 Å². The summed E-state index contributed by atoms with van der Waals surface area (Å²) in [5.74, 6) is 0.864. The summed E-state index contributed by atoms with van der Waals surface area (Å²) in [5, 5.41) is 3.30. The van der Waals surface area contributed by atoms with Gasteiger partial charge in [0.25, 0.3) is 5.56 Å². The van der Waals surface area contributed by atoms with Gasteiger partial charge in [-0.05, 0) is 37.6 Å². The van der Waals surface area contributed by atoms with E-state index in [4.69, 9.17) is 4.42 Å². The van der Waals surface area contributed by atoms with Gasteiger partial charge < -0.3 is 9.73 Å². The molecule has 0 aliphatic carbocycles. The highest BCUT2D eigenvalue weighted by atomic mass is 16.3. The maximum absolute atomic E-state index is 12.1. The number of aryl methyl sites for hydroxylation is 1. The number of nitrogens with one attached hydrogen (secondary N) is 1. The predicted molar refractivity (Wildman–Crippen MR) is 80.2 cm³/mol. The van der Waals surface area contributed by atoms with E-state index in [-0.39, 0.29) is 11.6 Å². The summed E-state index contributed by atoms with van der Waals surface area (Å²) in [4.78, 5) is 16.6. The second kappa shape index (κ2) is 5.54. The van der Waals surface area contributed by atoms with Gasteiger partial charge in [-0.1, -0.05) is 6.07 Å². The number of fused-ring (bicyclic) bond motifs is 1. The number of pyridine rings is 1. The third-order valence-corrected chi connectivity index (χ3v) is 3.42. The zero-order chi connectivity index (χ0) is 14.8. The van der Waals surface area contributed by atoms with Crippen molar-refractivity contribution in [2.24, 2.45) is 0 Å². The molecule has 21 heavy (non-hydrogen) atoms. The van der Waals surface area contributed by atoms with Gasteiger partial charge in [0, 0.05) is 18.8 Å². The Balaban J connectivity index is 1.82. The quantitative estimate of drug-likeness (QED) is 0.799. The molecule has 0 radical (unpaired) electrons. The number of rotatable bonds is 4. The van der Waals surface area contributed by atoms with Gasteiger partial charge in [-0.25, -0.2) is 4.98 Å². The molecule has 3 aromatic heterocycles. The first-order valence-corrected chi connectivity index (χ1v) is 6.89. The number of furan rings is 1. The fraction of sp³-hybridized carbons (Fsp3) is 0.250. The van der Waals surface area contributed by atoms with E-state index < -0.39 is 0 Å². The summed E-state index contributed by atoms with van der Waals surface area (Å²) >= 11 is 0. The van der Waals surface area contributed by atoms with E-state index in [1.807, 2.05) is 38.1 Å². The lowest BCUT2D eigenvalue weighted by atomic mass is 10.2. The van der Waals surface area contributed by atoms with Crippen molar-refractivity contribution < 1.29 is 4.42 Å². The molecule has 3 aromatic rings. The van der Waals surface area contributed by atoms with Crippen LogP contribution in [0, 0.1) is 6.92 Å². The second-order valence-corrected chi connectivity index (χ2v) is 5.14. The maximum atomic E-state index is 12.1. The molecule has 0 saturated carbocycles. The predicted octanol–water partition coefficient (Wildman–Crippen LogP) is 2.45. The van der Waals surface area contributed by atoms with Crippen molar-refractivity contribution >= 4 is 5.65 Å². The molecular formula is C16H17N3O2. The van der Waals surface area contributed by atoms with E-state index in [9.17, 15) is 4.79 Å². The van der Waals surface area contributed by atoms with Crippen LogP contribution in [0.3, 0.4) is 0 Å². The third kappa shape index (κ3) is 2.87. The van der Waals surface area contributed by atoms with E-state index in [1.165, 1.54) is 0 Å². The van der Waals surface area contributed by atoms with Crippen molar-refractivity contribution in [1.29, 1.82) is 0 Å². The Kier molecular flexibility index (Phi) is 3.58. The van der Waals surface area contributed by atoms with Gasteiger partial charge in [-0.2, -0.15) is 0 Å². The highest BCUT2D eigenvalue weighted by Crippen LogP contribution is 2.12. The van der Waals surface area contributed by atoms with Crippen LogP contribution in [-0.2, 0) is 6.54 Å². The molecule has 3 heterocycles. The molecule has 0 bridgehead atoms. The zero-order valence-electron chi connectivity index (χ0n) is 12.0. The average molecular weight is 283 g/mol. The summed E-state index contributed by atoms with van der Waals surface area (Å²) in [6.07, 6.45) is 3.45. The normalized spacial score (nSPS) is 12.7. The number of nitrogens with zero attached hydrogens (tertiary/aromatic N) is 2. The second-order valence-electron chi connectivity index (χ2n) is 5.14. The molecule has 0 fully saturated rings. The summed E-state index contributed by atoms with van der Waals surface area (Å²) in [5.41, 5.74) is 2.35. The first kappa shape index (κ1) is 13.6. The van der Waals surface area contributed by atoms with Crippen molar-refractivity contribution in [3.05, 3.63) is 70.2 Å². The molecule has 0 aliphatic rings. The van der Waals surface area contributed by atoms with Gasteiger partial charge in [-0.3, -0.25) is 9.20 Å². The fourth-order valence-electron chi connectivity index (χ4n) is 2.24. The first-order valence-electron chi connectivity index (χ1n) is 6.89. The number of hydrogen-bond donors (Lipinski definition) is 1. The molecule has 108 valence electrons. The van der Waals surface area contributed by atoms with Gasteiger partial charge in [0.05, 0.1) is 18.0 Å². The molecule has 1 atom stereocenters. The van der Waals surface area contributed by atoms with Gasteiger partial charge in [0.1, 0.15) is 11.4 Å².